The van der Waals surface area contributed by atoms with Crippen molar-refractivity contribution in [2.24, 2.45) is 0 Å². The number of nitrogen functional groups attached to an aromatic ring is 1. The molecule has 7 heteroatoms. The minimum absolute atomic E-state index is 0.0196. The Labute approximate surface area is 138 Å². The zero-order valence-electron chi connectivity index (χ0n) is 13.3. The van der Waals surface area contributed by atoms with E-state index in [4.69, 9.17) is 10.5 Å². The third kappa shape index (κ3) is 2.56. The van der Waals surface area contributed by atoms with Crippen molar-refractivity contribution in [3.8, 4) is 22.6 Å². The lowest BCUT2D eigenvalue weighted by molar-refractivity contribution is -0.384. The smallest absolute Gasteiger partial charge is 0.269 e. The number of methoxy groups -OCH3 is 1. The largest absolute Gasteiger partial charge is 0.496 e. The molecule has 0 amide bonds. The molecule has 0 bridgehead atoms. The lowest BCUT2D eigenvalue weighted by atomic mass is 10.0. The van der Waals surface area contributed by atoms with Gasteiger partial charge in [-0.2, -0.15) is 5.10 Å². The van der Waals surface area contributed by atoms with E-state index >= 15 is 0 Å². The van der Waals surface area contributed by atoms with Crippen LogP contribution in [0.25, 0.3) is 16.8 Å². The number of benzene rings is 2. The average molecular weight is 324 g/mol. The Bertz CT molecular complexity index is 901. The van der Waals surface area contributed by atoms with Crippen molar-refractivity contribution in [1.82, 2.24) is 9.78 Å². The van der Waals surface area contributed by atoms with Crippen molar-refractivity contribution in [3.05, 3.63) is 64.3 Å². The lowest BCUT2D eigenvalue weighted by Gasteiger charge is -2.09. The predicted octanol–water partition coefficient (Wildman–Crippen LogP) is 3.35. The van der Waals surface area contributed by atoms with E-state index in [1.165, 1.54) is 12.1 Å². The highest BCUT2D eigenvalue weighted by atomic mass is 16.6. The maximum absolute atomic E-state index is 10.8. The molecule has 2 N–H and O–H groups in total. The number of nitrogens with zero attached hydrogens (tertiary/aromatic N) is 3. The third-order valence-corrected chi connectivity index (χ3v) is 3.78. The van der Waals surface area contributed by atoms with Crippen LogP contribution in [-0.2, 0) is 0 Å². The first-order valence-corrected chi connectivity index (χ1v) is 7.26. The Kier molecular flexibility index (Phi) is 3.91. The maximum atomic E-state index is 10.8. The van der Waals surface area contributed by atoms with Crippen molar-refractivity contribution in [1.29, 1.82) is 0 Å². The SMILES string of the molecule is COc1ccccc1-c1c(C)nn(-c2ccc([N+](=O)[O-])cc2)c1N. The van der Waals surface area contributed by atoms with Gasteiger partial charge in [0.2, 0.25) is 0 Å². The fraction of sp³-hybridized carbons (Fsp3) is 0.118. The van der Waals surface area contributed by atoms with E-state index in [9.17, 15) is 10.1 Å². The highest BCUT2D eigenvalue weighted by Gasteiger charge is 2.18. The van der Waals surface area contributed by atoms with Gasteiger partial charge in [0.05, 0.1) is 29.0 Å². The molecular weight excluding hydrogens is 308 g/mol. The summed E-state index contributed by atoms with van der Waals surface area (Å²) in [5.74, 6) is 1.15. The number of aromatic nitrogens is 2. The first kappa shape index (κ1) is 15.5. The number of ether oxygens (including phenoxy) is 1. The second kappa shape index (κ2) is 6.04. The Balaban J connectivity index is 2.11. The number of para-hydroxylation sites is 1. The molecule has 0 saturated carbocycles. The van der Waals surface area contributed by atoms with E-state index in [1.54, 1.807) is 23.9 Å². The van der Waals surface area contributed by atoms with Crippen molar-refractivity contribution in [3.63, 3.8) is 0 Å². The normalized spacial score (nSPS) is 10.6. The van der Waals surface area contributed by atoms with E-state index < -0.39 is 4.92 Å². The van der Waals surface area contributed by atoms with Gasteiger partial charge < -0.3 is 10.5 Å². The van der Waals surface area contributed by atoms with Gasteiger partial charge in [0, 0.05) is 17.7 Å². The van der Waals surface area contributed by atoms with E-state index in [-0.39, 0.29) is 5.69 Å². The molecular formula is C17H16N4O3. The molecule has 7 nitrogen and oxygen atoms in total. The summed E-state index contributed by atoms with van der Waals surface area (Å²) < 4.78 is 6.97. The monoisotopic (exact) mass is 324 g/mol. The van der Waals surface area contributed by atoms with Crippen molar-refractivity contribution in [2.75, 3.05) is 12.8 Å². The Hall–Kier alpha value is -3.35. The number of aryl methyl sites for hydroxylation is 1. The van der Waals surface area contributed by atoms with Gasteiger partial charge in [-0.25, -0.2) is 4.68 Å². The number of non-ortho nitro benzene ring substituents is 1. The van der Waals surface area contributed by atoms with Gasteiger partial charge >= 0.3 is 0 Å². The zero-order valence-corrected chi connectivity index (χ0v) is 13.3. The minimum atomic E-state index is -0.443. The molecule has 0 aliphatic carbocycles. The summed E-state index contributed by atoms with van der Waals surface area (Å²) in [6.07, 6.45) is 0. The first-order chi connectivity index (χ1) is 11.5. The topological polar surface area (TPSA) is 96.2 Å². The molecule has 0 fully saturated rings. The molecule has 24 heavy (non-hydrogen) atoms. The van der Waals surface area contributed by atoms with Crippen molar-refractivity contribution >= 4 is 11.5 Å². The summed E-state index contributed by atoms with van der Waals surface area (Å²) in [5, 5.41) is 15.2. The molecule has 122 valence electrons. The zero-order chi connectivity index (χ0) is 17.3. The van der Waals surface area contributed by atoms with Crippen LogP contribution in [0.15, 0.2) is 48.5 Å². The number of hydrogen-bond acceptors (Lipinski definition) is 5. The number of hydrogen-bond donors (Lipinski definition) is 1. The highest BCUT2D eigenvalue weighted by molar-refractivity contribution is 5.81. The molecule has 0 spiro atoms. The van der Waals surface area contributed by atoms with Crippen LogP contribution < -0.4 is 10.5 Å². The average Bonchev–Trinajstić information content (AvgIpc) is 2.89. The number of nitrogens with two attached hydrogens (primary N) is 1. The van der Waals surface area contributed by atoms with Crippen LogP contribution in [0, 0.1) is 17.0 Å². The first-order valence-electron chi connectivity index (χ1n) is 7.26. The fourth-order valence-corrected chi connectivity index (χ4v) is 2.64. The molecule has 0 aliphatic heterocycles. The molecule has 2 aromatic carbocycles. The Morgan fingerprint density at radius 2 is 1.83 bits per heavy atom. The van der Waals surface area contributed by atoms with Crippen LogP contribution in [0.5, 0.6) is 5.75 Å². The van der Waals surface area contributed by atoms with Crippen LogP contribution >= 0.6 is 0 Å². The van der Waals surface area contributed by atoms with Crippen LogP contribution in [0.1, 0.15) is 5.69 Å². The summed E-state index contributed by atoms with van der Waals surface area (Å²) >= 11 is 0. The van der Waals surface area contributed by atoms with Gasteiger partial charge in [-0.1, -0.05) is 18.2 Å². The van der Waals surface area contributed by atoms with Gasteiger partial charge in [0.25, 0.3) is 5.69 Å². The standard InChI is InChI=1S/C17H16N4O3/c1-11-16(14-5-3-4-6-15(14)24-2)17(18)20(19-11)12-7-9-13(10-8-12)21(22)23/h3-10H,18H2,1-2H3. The number of nitro groups is 1. The second-order valence-corrected chi connectivity index (χ2v) is 5.23. The molecule has 0 aliphatic rings. The molecule has 3 aromatic rings. The van der Waals surface area contributed by atoms with Gasteiger partial charge in [-0.3, -0.25) is 10.1 Å². The van der Waals surface area contributed by atoms with Crippen LogP contribution in [0.2, 0.25) is 0 Å². The van der Waals surface area contributed by atoms with Crippen LogP contribution in [0.3, 0.4) is 0 Å². The van der Waals surface area contributed by atoms with Gasteiger partial charge in [-0.05, 0) is 25.1 Å². The number of rotatable bonds is 4. The fourth-order valence-electron chi connectivity index (χ4n) is 2.64. The molecule has 0 saturated heterocycles. The predicted molar refractivity (Wildman–Crippen MR) is 91.4 cm³/mol. The van der Waals surface area contributed by atoms with E-state index in [0.29, 0.717) is 17.3 Å². The Morgan fingerprint density at radius 3 is 2.46 bits per heavy atom. The Morgan fingerprint density at radius 1 is 1.17 bits per heavy atom. The highest BCUT2D eigenvalue weighted by Crippen LogP contribution is 2.37. The molecule has 0 radical (unpaired) electrons. The van der Waals surface area contributed by atoms with Gasteiger partial charge in [0.15, 0.2) is 0 Å². The quantitative estimate of drug-likeness (QED) is 0.586. The van der Waals surface area contributed by atoms with Gasteiger partial charge in [0.1, 0.15) is 11.6 Å². The maximum Gasteiger partial charge on any atom is 0.269 e. The van der Waals surface area contributed by atoms with Crippen molar-refractivity contribution in [2.45, 2.75) is 6.92 Å². The van der Waals surface area contributed by atoms with Crippen molar-refractivity contribution < 1.29 is 9.66 Å². The minimum Gasteiger partial charge on any atom is -0.496 e. The van der Waals surface area contributed by atoms with Crippen LogP contribution in [0.4, 0.5) is 11.5 Å². The molecule has 1 heterocycles. The lowest BCUT2D eigenvalue weighted by Crippen LogP contribution is -2.02. The van der Waals surface area contributed by atoms with E-state index in [2.05, 4.69) is 5.10 Å². The summed E-state index contributed by atoms with van der Waals surface area (Å²) in [5.41, 5.74) is 9.35. The van der Waals surface area contributed by atoms with E-state index in [0.717, 1.165) is 16.8 Å². The van der Waals surface area contributed by atoms with Crippen LogP contribution in [-0.4, -0.2) is 21.8 Å². The van der Waals surface area contributed by atoms with E-state index in [1.807, 2.05) is 31.2 Å². The summed E-state index contributed by atoms with van der Waals surface area (Å²) in [6, 6.07) is 13.6. The second-order valence-electron chi connectivity index (χ2n) is 5.23. The molecule has 3 rings (SSSR count). The number of anilines is 1. The molecule has 0 atom stereocenters. The summed E-state index contributed by atoms with van der Waals surface area (Å²) in [4.78, 5) is 10.3. The summed E-state index contributed by atoms with van der Waals surface area (Å²) in [6.45, 7) is 1.86. The van der Waals surface area contributed by atoms with Gasteiger partial charge in [-0.15, -0.1) is 0 Å². The number of nitro benzene ring substituents is 1. The third-order valence-electron chi connectivity index (χ3n) is 3.78. The molecule has 0 unspecified atom stereocenters. The molecule has 1 aromatic heterocycles. The summed E-state index contributed by atoms with van der Waals surface area (Å²) in [7, 11) is 1.60.